The monoisotopic (exact) mass is 369 g/mol. The number of unbranched alkanes of at least 4 members (excludes halogenated alkanes) is 6. The van der Waals surface area contributed by atoms with E-state index in [0.29, 0.717) is 0 Å². The third kappa shape index (κ3) is 7.24. The van der Waals surface area contributed by atoms with Crippen molar-refractivity contribution in [2.75, 3.05) is 0 Å². The fourth-order valence-electron chi connectivity index (χ4n) is 3.79. The number of hydrogen-bond acceptors (Lipinski definition) is 1. The maximum absolute atomic E-state index is 11.8. The van der Waals surface area contributed by atoms with Gasteiger partial charge in [0.25, 0.3) is 0 Å². The summed E-state index contributed by atoms with van der Waals surface area (Å²) in [5.41, 5.74) is 2.38. The second kappa shape index (κ2) is 11.6. The molecule has 0 aliphatic carbocycles. The normalized spacial score (nSPS) is 13.4. The van der Waals surface area contributed by atoms with Crippen LogP contribution in [0.2, 0.25) is 0 Å². The average Bonchev–Trinajstić information content (AvgIpc) is 3.12. The molecule has 3 heteroatoms. The maximum atomic E-state index is 11.8. The fraction of sp³-hybridized carbons (Fsp3) is 0.542. The van der Waals surface area contributed by atoms with Crippen LogP contribution in [0.1, 0.15) is 65.2 Å². The van der Waals surface area contributed by atoms with E-state index in [1.54, 1.807) is 0 Å². The van der Waals surface area contributed by atoms with Gasteiger partial charge in [-0.3, -0.25) is 4.79 Å². The van der Waals surface area contributed by atoms with Crippen molar-refractivity contribution in [2.45, 2.75) is 71.8 Å². The van der Waals surface area contributed by atoms with Gasteiger partial charge in [-0.25, -0.2) is 0 Å². The Hall–Kier alpha value is -2.03. The van der Waals surface area contributed by atoms with Crippen molar-refractivity contribution in [2.24, 2.45) is 11.8 Å². The molecule has 0 spiro atoms. The van der Waals surface area contributed by atoms with Gasteiger partial charge >= 0.3 is 5.97 Å². The number of carbonyl (C=O) groups is 1. The molecule has 1 aromatic carbocycles. The molecule has 0 aliphatic heterocycles. The van der Waals surface area contributed by atoms with E-state index in [1.807, 2.05) is 18.2 Å². The Morgan fingerprint density at radius 2 is 1.63 bits per heavy atom. The molecular weight excluding hydrogens is 334 g/mol. The molecule has 2 rings (SSSR count). The molecule has 27 heavy (non-hydrogen) atoms. The molecule has 1 heterocycles. The number of benzene rings is 1. The highest BCUT2D eigenvalue weighted by atomic mass is 16.4. The van der Waals surface area contributed by atoms with E-state index in [1.165, 1.54) is 43.2 Å². The summed E-state index contributed by atoms with van der Waals surface area (Å²) in [6.45, 7) is 5.05. The van der Waals surface area contributed by atoms with Crippen molar-refractivity contribution in [3.05, 3.63) is 48.8 Å². The number of rotatable bonds is 13. The molecule has 0 amide bonds. The highest BCUT2D eigenvalue weighted by molar-refractivity contribution is 5.70. The SMILES string of the molecule is CCCCCCCCCC(C(=O)O)C(C)Cn1ccc(-c2ccccc2)c1. The van der Waals surface area contributed by atoms with Crippen molar-refractivity contribution in [3.63, 3.8) is 0 Å². The van der Waals surface area contributed by atoms with Gasteiger partial charge in [-0.15, -0.1) is 0 Å². The first-order valence-electron chi connectivity index (χ1n) is 10.6. The minimum absolute atomic E-state index is 0.124. The zero-order valence-electron chi connectivity index (χ0n) is 16.9. The molecule has 0 aliphatic rings. The van der Waals surface area contributed by atoms with Crippen molar-refractivity contribution >= 4 is 5.97 Å². The van der Waals surface area contributed by atoms with Gasteiger partial charge in [-0.05, 0) is 29.5 Å². The number of aliphatic carboxylic acids is 1. The third-order valence-electron chi connectivity index (χ3n) is 5.48. The molecule has 1 N–H and O–H groups in total. The predicted octanol–water partition coefficient (Wildman–Crippen LogP) is 6.63. The molecule has 0 saturated carbocycles. The summed E-state index contributed by atoms with van der Waals surface area (Å²) in [6.07, 6.45) is 13.6. The molecular formula is C24H35NO2. The Bertz CT molecular complexity index is 662. The molecule has 3 nitrogen and oxygen atoms in total. The largest absolute Gasteiger partial charge is 0.481 e. The van der Waals surface area contributed by atoms with Crippen LogP contribution in [0.3, 0.4) is 0 Å². The van der Waals surface area contributed by atoms with E-state index < -0.39 is 5.97 Å². The van der Waals surface area contributed by atoms with Crippen LogP contribution < -0.4 is 0 Å². The van der Waals surface area contributed by atoms with Gasteiger partial charge in [0.05, 0.1) is 5.92 Å². The van der Waals surface area contributed by atoms with Gasteiger partial charge in [-0.2, -0.15) is 0 Å². The molecule has 0 saturated heterocycles. The fourth-order valence-corrected chi connectivity index (χ4v) is 3.79. The van der Waals surface area contributed by atoms with E-state index in [9.17, 15) is 9.90 Å². The van der Waals surface area contributed by atoms with Crippen molar-refractivity contribution in [1.82, 2.24) is 4.57 Å². The van der Waals surface area contributed by atoms with Gasteiger partial charge in [0, 0.05) is 18.9 Å². The molecule has 0 fully saturated rings. The van der Waals surface area contributed by atoms with Gasteiger partial charge in [0.15, 0.2) is 0 Å². The minimum Gasteiger partial charge on any atom is -0.481 e. The Balaban J connectivity index is 1.81. The maximum Gasteiger partial charge on any atom is 0.306 e. The molecule has 2 atom stereocenters. The minimum atomic E-state index is -0.649. The van der Waals surface area contributed by atoms with E-state index in [0.717, 1.165) is 25.8 Å². The molecule has 2 unspecified atom stereocenters. The summed E-state index contributed by atoms with van der Waals surface area (Å²) in [4.78, 5) is 11.8. The summed E-state index contributed by atoms with van der Waals surface area (Å²) in [7, 11) is 0. The second-order valence-corrected chi connectivity index (χ2v) is 7.80. The molecule has 0 bridgehead atoms. The number of carboxylic acid groups (broad SMARTS) is 1. The topological polar surface area (TPSA) is 42.2 Å². The predicted molar refractivity (Wildman–Crippen MR) is 113 cm³/mol. The lowest BCUT2D eigenvalue weighted by Gasteiger charge is -2.20. The summed E-state index contributed by atoms with van der Waals surface area (Å²) < 4.78 is 2.13. The van der Waals surface area contributed by atoms with Gasteiger partial charge in [-0.1, -0.05) is 89.1 Å². The van der Waals surface area contributed by atoms with Gasteiger partial charge in [0.1, 0.15) is 0 Å². The highest BCUT2D eigenvalue weighted by Crippen LogP contribution is 2.24. The Labute approximate surface area is 164 Å². The first-order valence-corrected chi connectivity index (χ1v) is 10.6. The molecule has 0 radical (unpaired) electrons. The summed E-state index contributed by atoms with van der Waals surface area (Å²) in [5, 5.41) is 9.67. The van der Waals surface area contributed by atoms with Crippen molar-refractivity contribution in [3.8, 4) is 11.1 Å². The van der Waals surface area contributed by atoms with Crippen LogP contribution >= 0.6 is 0 Å². The lowest BCUT2D eigenvalue weighted by Crippen LogP contribution is -2.25. The Morgan fingerprint density at radius 1 is 0.963 bits per heavy atom. The van der Waals surface area contributed by atoms with Crippen molar-refractivity contribution < 1.29 is 9.90 Å². The summed E-state index contributed by atoms with van der Waals surface area (Å²) in [5.74, 6) is -0.786. The van der Waals surface area contributed by atoms with Crippen LogP contribution in [0, 0.1) is 11.8 Å². The van der Waals surface area contributed by atoms with Crippen LogP contribution in [0.25, 0.3) is 11.1 Å². The van der Waals surface area contributed by atoms with Crippen LogP contribution in [-0.2, 0) is 11.3 Å². The van der Waals surface area contributed by atoms with E-state index >= 15 is 0 Å². The lowest BCUT2D eigenvalue weighted by molar-refractivity contribution is -0.144. The third-order valence-corrected chi connectivity index (χ3v) is 5.48. The van der Waals surface area contributed by atoms with Crippen molar-refractivity contribution in [1.29, 1.82) is 0 Å². The smallest absolute Gasteiger partial charge is 0.306 e. The molecule has 148 valence electrons. The highest BCUT2D eigenvalue weighted by Gasteiger charge is 2.24. The van der Waals surface area contributed by atoms with Crippen LogP contribution in [0.4, 0.5) is 0 Å². The second-order valence-electron chi connectivity index (χ2n) is 7.80. The number of carboxylic acids is 1. The standard InChI is InChI=1S/C24H35NO2/c1-3-4-5-6-7-8-12-15-23(24(26)27)20(2)18-25-17-16-22(19-25)21-13-10-9-11-14-21/h9-11,13-14,16-17,19-20,23H,3-8,12,15,18H2,1-2H3,(H,26,27). The summed E-state index contributed by atoms with van der Waals surface area (Å²) >= 11 is 0. The number of aromatic nitrogens is 1. The first kappa shape index (κ1) is 21.3. The zero-order valence-corrected chi connectivity index (χ0v) is 16.9. The van der Waals surface area contributed by atoms with Crippen LogP contribution in [0.5, 0.6) is 0 Å². The average molecular weight is 370 g/mol. The van der Waals surface area contributed by atoms with E-state index in [2.05, 4.69) is 49.0 Å². The molecule has 1 aromatic heterocycles. The zero-order chi connectivity index (χ0) is 19.5. The number of nitrogens with zero attached hydrogens (tertiary/aromatic N) is 1. The Morgan fingerprint density at radius 3 is 2.30 bits per heavy atom. The Kier molecular flexibility index (Phi) is 9.17. The van der Waals surface area contributed by atoms with E-state index in [-0.39, 0.29) is 11.8 Å². The van der Waals surface area contributed by atoms with Crippen LogP contribution in [-0.4, -0.2) is 15.6 Å². The lowest BCUT2D eigenvalue weighted by atomic mass is 9.88. The number of hydrogen-bond donors (Lipinski definition) is 1. The van der Waals surface area contributed by atoms with Gasteiger partial charge in [0.2, 0.25) is 0 Å². The summed E-state index contributed by atoms with van der Waals surface area (Å²) in [6, 6.07) is 12.4. The quantitative estimate of drug-likeness (QED) is 0.402. The van der Waals surface area contributed by atoms with Gasteiger partial charge < -0.3 is 9.67 Å². The van der Waals surface area contributed by atoms with E-state index in [4.69, 9.17) is 0 Å². The molecule has 2 aromatic rings. The first-order chi connectivity index (χ1) is 13.1. The van der Waals surface area contributed by atoms with Crippen LogP contribution in [0.15, 0.2) is 48.8 Å².